The van der Waals surface area contributed by atoms with Crippen LogP contribution < -0.4 is 10.5 Å². The fraction of sp³-hybridized carbons (Fsp3) is 0.0769. The molecular weight excluding hydrogens is 250 g/mol. The van der Waals surface area contributed by atoms with Crippen LogP contribution in [0, 0.1) is 0 Å². The molecule has 0 aliphatic heterocycles. The van der Waals surface area contributed by atoms with E-state index in [1.165, 1.54) is 0 Å². The first-order chi connectivity index (χ1) is 8.66. The summed E-state index contributed by atoms with van der Waals surface area (Å²) >= 11 is -2.12. The Morgan fingerprint density at radius 2 is 1.83 bits per heavy atom. The number of hydrogen-bond donors (Lipinski definition) is 2. The van der Waals surface area contributed by atoms with Gasteiger partial charge in [-0.3, -0.25) is 0 Å². The van der Waals surface area contributed by atoms with Crippen molar-refractivity contribution < 1.29 is 13.5 Å². The number of nitrogen functional groups attached to an aromatic ring is 1. The minimum absolute atomic E-state index is 0.464. The van der Waals surface area contributed by atoms with E-state index in [4.69, 9.17) is 10.5 Å². The molecule has 2 atom stereocenters. The molecule has 0 aliphatic carbocycles. The molecule has 0 aliphatic rings. The van der Waals surface area contributed by atoms with Gasteiger partial charge in [0.05, 0.1) is 0 Å². The summed E-state index contributed by atoms with van der Waals surface area (Å²) in [7, 11) is 0. The molecule has 0 saturated heterocycles. The summed E-state index contributed by atoms with van der Waals surface area (Å²) in [6, 6.07) is 15.7. The highest BCUT2D eigenvalue weighted by atomic mass is 32.2. The monoisotopic (exact) mass is 263 g/mol. The van der Waals surface area contributed by atoms with E-state index < -0.39 is 16.5 Å². The first kappa shape index (κ1) is 12.6. The fourth-order valence-electron chi connectivity index (χ4n) is 1.55. The third-order valence-electron chi connectivity index (χ3n) is 2.36. The number of anilines is 1. The van der Waals surface area contributed by atoms with Crippen molar-refractivity contribution in [2.45, 2.75) is 5.44 Å². The molecule has 0 spiro atoms. The molecule has 18 heavy (non-hydrogen) atoms. The Morgan fingerprint density at radius 1 is 1.11 bits per heavy atom. The molecule has 0 aromatic heterocycles. The number of ether oxygens (including phenoxy) is 1. The first-order valence-electron chi connectivity index (χ1n) is 5.33. The molecule has 2 aromatic rings. The molecule has 2 rings (SSSR count). The van der Waals surface area contributed by atoms with E-state index >= 15 is 0 Å². The van der Waals surface area contributed by atoms with Gasteiger partial charge in [-0.15, -0.1) is 0 Å². The highest BCUT2D eigenvalue weighted by Gasteiger charge is 2.19. The molecule has 0 saturated carbocycles. The Bertz CT molecular complexity index is 545. The van der Waals surface area contributed by atoms with Crippen molar-refractivity contribution >= 4 is 16.8 Å². The van der Waals surface area contributed by atoms with E-state index in [0.717, 1.165) is 0 Å². The second-order valence-corrected chi connectivity index (χ2v) is 4.69. The van der Waals surface area contributed by atoms with Crippen LogP contribution in [0.2, 0.25) is 0 Å². The number of nitrogens with two attached hydrogens (primary N) is 1. The maximum Gasteiger partial charge on any atom is 0.223 e. The van der Waals surface area contributed by atoms with Crippen LogP contribution in [-0.2, 0) is 11.1 Å². The van der Waals surface area contributed by atoms with Crippen LogP contribution in [0.4, 0.5) is 5.69 Å². The molecular formula is C13H13NO3S. The maximum atomic E-state index is 11.3. The predicted octanol–water partition coefficient (Wildman–Crippen LogP) is 2.57. The van der Waals surface area contributed by atoms with Gasteiger partial charge in [0.25, 0.3) is 0 Å². The van der Waals surface area contributed by atoms with Gasteiger partial charge in [0.15, 0.2) is 11.1 Å². The molecule has 0 bridgehead atoms. The zero-order valence-corrected chi connectivity index (χ0v) is 10.3. The highest BCUT2D eigenvalue weighted by Crippen LogP contribution is 2.25. The van der Waals surface area contributed by atoms with E-state index in [-0.39, 0.29) is 0 Å². The SMILES string of the molecule is Nc1cccc(OC(c2ccccc2)S(=O)O)c1. The summed E-state index contributed by atoms with van der Waals surface area (Å²) in [5, 5.41) is 0. The Hall–Kier alpha value is -1.85. The molecule has 2 aromatic carbocycles. The molecule has 94 valence electrons. The van der Waals surface area contributed by atoms with Gasteiger partial charge in [0.1, 0.15) is 5.75 Å². The van der Waals surface area contributed by atoms with Gasteiger partial charge < -0.3 is 15.0 Å². The third-order valence-corrected chi connectivity index (χ3v) is 3.09. The molecule has 0 fully saturated rings. The van der Waals surface area contributed by atoms with Crippen LogP contribution in [0.25, 0.3) is 0 Å². The average Bonchev–Trinajstić information content (AvgIpc) is 2.37. The minimum atomic E-state index is -2.12. The smallest absolute Gasteiger partial charge is 0.223 e. The summed E-state index contributed by atoms with van der Waals surface area (Å²) in [6.07, 6.45) is 0. The lowest BCUT2D eigenvalue weighted by molar-refractivity contribution is 0.276. The van der Waals surface area contributed by atoms with Crippen molar-refractivity contribution in [1.29, 1.82) is 0 Å². The lowest BCUT2D eigenvalue weighted by Crippen LogP contribution is -2.13. The zero-order valence-electron chi connectivity index (χ0n) is 9.52. The van der Waals surface area contributed by atoms with E-state index in [2.05, 4.69) is 0 Å². The van der Waals surface area contributed by atoms with Gasteiger partial charge in [-0.1, -0.05) is 36.4 Å². The third kappa shape index (κ3) is 3.09. The van der Waals surface area contributed by atoms with E-state index in [1.54, 1.807) is 48.5 Å². The quantitative estimate of drug-likeness (QED) is 0.657. The number of hydrogen-bond acceptors (Lipinski definition) is 3. The predicted molar refractivity (Wildman–Crippen MR) is 71.4 cm³/mol. The van der Waals surface area contributed by atoms with Crippen molar-refractivity contribution in [3.05, 3.63) is 60.2 Å². The summed E-state index contributed by atoms with van der Waals surface area (Å²) < 4.78 is 26.2. The van der Waals surface area contributed by atoms with Gasteiger partial charge in [-0.05, 0) is 12.1 Å². The molecule has 0 amide bonds. The summed E-state index contributed by atoms with van der Waals surface area (Å²) in [4.78, 5) is 0. The lowest BCUT2D eigenvalue weighted by atomic mass is 10.2. The van der Waals surface area contributed by atoms with Gasteiger partial charge in [-0.2, -0.15) is 0 Å². The largest absolute Gasteiger partial charge is 0.470 e. The first-order valence-corrected chi connectivity index (χ1v) is 6.50. The fourth-order valence-corrected chi connectivity index (χ4v) is 2.13. The Morgan fingerprint density at radius 3 is 2.44 bits per heavy atom. The van der Waals surface area contributed by atoms with Crippen LogP contribution in [-0.4, -0.2) is 8.76 Å². The van der Waals surface area contributed by atoms with E-state index in [0.29, 0.717) is 17.0 Å². The van der Waals surface area contributed by atoms with Crippen LogP contribution in [0.5, 0.6) is 5.75 Å². The van der Waals surface area contributed by atoms with Crippen LogP contribution in [0.3, 0.4) is 0 Å². The summed E-state index contributed by atoms with van der Waals surface area (Å²) in [5.74, 6) is 0.464. The highest BCUT2D eigenvalue weighted by molar-refractivity contribution is 7.79. The van der Waals surface area contributed by atoms with Crippen LogP contribution in [0.15, 0.2) is 54.6 Å². The molecule has 0 radical (unpaired) electrons. The summed E-state index contributed by atoms with van der Waals surface area (Å²) in [5.41, 5.74) is 5.89. The maximum absolute atomic E-state index is 11.3. The molecule has 0 heterocycles. The standard InChI is InChI=1S/C13H13NO3S/c14-11-7-4-8-12(9-11)17-13(18(15)16)10-5-2-1-3-6-10/h1-9,13H,14H2,(H,15,16). The van der Waals surface area contributed by atoms with Crippen molar-refractivity contribution in [2.75, 3.05) is 5.73 Å². The van der Waals surface area contributed by atoms with Crippen molar-refractivity contribution in [2.24, 2.45) is 0 Å². The van der Waals surface area contributed by atoms with E-state index in [1.807, 2.05) is 6.07 Å². The van der Waals surface area contributed by atoms with Gasteiger partial charge in [0, 0.05) is 17.3 Å². The minimum Gasteiger partial charge on any atom is -0.470 e. The summed E-state index contributed by atoms with van der Waals surface area (Å²) in [6.45, 7) is 0. The lowest BCUT2D eigenvalue weighted by Gasteiger charge is -2.16. The zero-order chi connectivity index (χ0) is 13.0. The molecule has 5 heteroatoms. The normalized spacial score (nSPS) is 13.8. The van der Waals surface area contributed by atoms with Crippen LogP contribution in [0.1, 0.15) is 11.0 Å². The van der Waals surface area contributed by atoms with Crippen molar-refractivity contribution in [3.8, 4) is 5.75 Å². The molecule has 3 N–H and O–H groups in total. The molecule has 4 nitrogen and oxygen atoms in total. The van der Waals surface area contributed by atoms with Gasteiger partial charge in [-0.25, -0.2) is 4.21 Å². The number of benzene rings is 2. The number of rotatable bonds is 4. The van der Waals surface area contributed by atoms with Gasteiger partial charge >= 0.3 is 0 Å². The Kier molecular flexibility index (Phi) is 3.96. The Labute approximate surface area is 108 Å². The van der Waals surface area contributed by atoms with Crippen LogP contribution >= 0.6 is 0 Å². The topological polar surface area (TPSA) is 72.5 Å². The molecule has 2 unspecified atom stereocenters. The Balaban J connectivity index is 2.25. The van der Waals surface area contributed by atoms with E-state index in [9.17, 15) is 8.76 Å². The average molecular weight is 263 g/mol. The second-order valence-electron chi connectivity index (χ2n) is 3.71. The van der Waals surface area contributed by atoms with Crippen molar-refractivity contribution in [1.82, 2.24) is 0 Å². The second kappa shape index (κ2) is 5.66. The van der Waals surface area contributed by atoms with Crippen molar-refractivity contribution in [3.63, 3.8) is 0 Å². The van der Waals surface area contributed by atoms with Gasteiger partial charge in [0.2, 0.25) is 5.44 Å².